The summed E-state index contributed by atoms with van der Waals surface area (Å²) in [4.78, 5) is 12.8. The van der Waals surface area contributed by atoms with E-state index in [1.807, 2.05) is 18.2 Å². The minimum Gasteiger partial charge on any atom is -0.493 e. The van der Waals surface area contributed by atoms with Crippen molar-refractivity contribution >= 4 is 5.78 Å². The molecule has 0 unspecified atom stereocenters. The first-order chi connectivity index (χ1) is 13.2. The average molecular weight is 396 g/mol. The number of carbonyl (C=O) groups is 1. The molecule has 0 amide bonds. The molecule has 6 heteroatoms. The van der Waals surface area contributed by atoms with Crippen molar-refractivity contribution in [1.29, 1.82) is 0 Å². The van der Waals surface area contributed by atoms with Crippen molar-refractivity contribution in [2.24, 2.45) is 5.41 Å². The van der Waals surface area contributed by atoms with E-state index < -0.39 is 0 Å². The number of carbonyl (C=O) groups excluding carboxylic acids is 1. The number of ketones is 1. The predicted octanol–water partition coefficient (Wildman–Crippen LogP) is 3.61. The van der Waals surface area contributed by atoms with E-state index in [4.69, 9.17) is 18.9 Å². The average Bonchev–Trinajstić information content (AvgIpc) is 2.66. The Balaban J connectivity index is 2.64. The topological polar surface area (TPSA) is 66.0 Å². The predicted molar refractivity (Wildman–Crippen MR) is 111 cm³/mol. The van der Waals surface area contributed by atoms with Crippen molar-refractivity contribution in [3.8, 4) is 11.5 Å². The molecular formula is C22H37NO5. The molecule has 0 aliphatic heterocycles. The molecular weight excluding hydrogens is 358 g/mol. The van der Waals surface area contributed by atoms with E-state index in [0.717, 1.165) is 24.8 Å². The first kappa shape index (κ1) is 24.4. The van der Waals surface area contributed by atoms with Crippen molar-refractivity contribution < 1.29 is 23.7 Å². The van der Waals surface area contributed by atoms with Crippen LogP contribution < -0.4 is 14.8 Å². The zero-order chi connectivity index (χ0) is 21.2. The fraction of sp³-hybridized carbons (Fsp3) is 0.682. The zero-order valence-corrected chi connectivity index (χ0v) is 18.5. The fourth-order valence-electron chi connectivity index (χ4n) is 3.09. The first-order valence-electron chi connectivity index (χ1n) is 9.76. The van der Waals surface area contributed by atoms with Crippen LogP contribution >= 0.6 is 0 Å². The molecule has 160 valence electrons. The van der Waals surface area contributed by atoms with Crippen molar-refractivity contribution in [2.75, 3.05) is 35.0 Å². The number of Topliss-reactive ketones (excluding diaryl/α,β-unsaturated/α-hetero) is 1. The standard InChI is InChI=1S/C22H37NO5/c1-22(2,3)14-17(23-15-21(27-6)28-7)18(24)10-8-9-16-11-12-19(25-4)20(13-16)26-5/h11-13,17,21,23H,8-10,14-15H2,1-7H3/t17-/m1/s1. The molecule has 0 radical (unpaired) electrons. The molecule has 0 saturated carbocycles. The molecule has 1 rings (SSSR count). The number of hydrogen-bond acceptors (Lipinski definition) is 6. The van der Waals surface area contributed by atoms with Crippen molar-refractivity contribution in [3.05, 3.63) is 23.8 Å². The Hall–Kier alpha value is -1.63. The van der Waals surface area contributed by atoms with E-state index in [9.17, 15) is 4.79 Å². The van der Waals surface area contributed by atoms with E-state index in [0.29, 0.717) is 24.5 Å². The van der Waals surface area contributed by atoms with Gasteiger partial charge >= 0.3 is 0 Å². The Morgan fingerprint density at radius 1 is 1.04 bits per heavy atom. The third kappa shape index (κ3) is 8.59. The molecule has 1 atom stereocenters. The van der Waals surface area contributed by atoms with Crippen molar-refractivity contribution in [2.45, 2.75) is 58.8 Å². The Labute approximate surface area is 169 Å². The van der Waals surface area contributed by atoms with Gasteiger partial charge in [-0.05, 0) is 42.4 Å². The highest BCUT2D eigenvalue weighted by molar-refractivity contribution is 5.84. The van der Waals surface area contributed by atoms with Gasteiger partial charge in [-0.15, -0.1) is 0 Å². The van der Waals surface area contributed by atoms with E-state index in [-0.39, 0.29) is 23.5 Å². The highest BCUT2D eigenvalue weighted by Crippen LogP contribution is 2.28. The summed E-state index contributed by atoms with van der Waals surface area (Å²) in [5.41, 5.74) is 1.18. The summed E-state index contributed by atoms with van der Waals surface area (Å²) in [5, 5.41) is 3.32. The van der Waals surface area contributed by atoms with Gasteiger partial charge in [-0.25, -0.2) is 0 Å². The number of methoxy groups -OCH3 is 4. The van der Waals surface area contributed by atoms with Gasteiger partial charge in [-0.2, -0.15) is 0 Å². The van der Waals surface area contributed by atoms with Gasteiger partial charge < -0.3 is 24.3 Å². The lowest BCUT2D eigenvalue weighted by molar-refractivity contribution is -0.124. The maximum atomic E-state index is 12.8. The van der Waals surface area contributed by atoms with Crippen LogP contribution in [-0.4, -0.2) is 53.1 Å². The Morgan fingerprint density at radius 3 is 2.21 bits per heavy atom. The molecule has 0 saturated heterocycles. The van der Waals surface area contributed by atoms with Crippen LogP contribution in [-0.2, 0) is 20.7 Å². The summed E-state index contributed by atoms with van der Waals surface area (Å²) in [6.45, 7) is 6.91. The quantitative estimate of drug-likeness (QED) is 0.515. The van der Waals surface area contributed by atoms with Crippen LogP contribution in [0.25, 0.3) is 0 Å². The molecule has 1 aromatic rings. The normalized spacial score (nSPS) is 12.9. The summed E-state index contributed by atoms with van der Waals surface area (Å²) in [7, 11) is 6.44. The first-order valence-corrected chi connectivity index (χ1v) is 9.76. The Morgan fingerprint density at radius 2 is 1.68 bits per heavy atom. The van der Waals surface area contributed by atoms with Crippen LogP contribution in [0.4, 0.5) is 0 Å². The zero-order valence-electron chi connectivity index (χ0n) is 18.5. The fourth-order valence-corrected chi connectivity index (χ4v) is 3.09. The third-order valence-electron chi connectivity index (χ3n) is 4.60. The van der Waals surface area contributed by atoms with Gasteiger partial charge in [0.15, 0.2) is 17.8 Å². The molecule has 0 spiro atoms. The summed E-state index contributed by atoms with van der Waals surface area (Å²) in [6.07, 6.45) is 2.53. The minimum atomic E-state index is -0.359. The molecule has 28 heavy (non-hydrogen) atoms. The van der Waals surface area contributed by atoms with E-state index in [1.165, 1.54) is 0 Å². The Kier molecular flexibility index (Phi) is 10.5. The molecule has 0 aliphatic rings. The highest BCUT2D eigenvalue weighted by atomic mass is 16.7. The molecule has 6 nitrogen and oxygen atoms in total. The summed E-state index contributed by atoms with van der Waals surface area (Å²) >= 11 is 0. The van der Waals surface area contributed by atoms with E-state index in [1.54, 1.807) is 28.4 Å². The molecule has 0 heterocycles. The van der Waals surface area contributed by atoms with E-state index in [2.05, 4.69) is 26.1 Å². The van der Waals surface area contributed by atoms with Crippen LogP contribution in [0.5, 0.6) is 11.5 Å². The molecule has 0 bridgehead atoms. The van der Waals surface area contributed by atoms with E-state index >= 15 is 0 Å². The number of benzene rings is 1. The summed E-state index contributed by atoms with van der Waals surface area (Å²) in [6, 6.07) is 5.67. The summed E-state index contributed by atoms with van der Waals surface area (Å²) < 4.78 is 21.1. The molecule has 0 aliphatic carbocycles. The lowest BCUT2D eigenvalue weighted by atomic mass is 9.85. The van der Waals surface area contributed by atoms with Gasteiger partial charge in [0.25, 0.3) is 0 Å². The van der Waals surface area contributed by atoms with Crippen LogP contribution in [0.2, 0.25) is 0 Å². The maximum absolute atomic E-state index is 12.8. The third-order valence-corrected chi connectivity index (χ3v) is 4.60. The summed E-state index contributed by atoms with van der Waals surface area (Å²) in [5.74, 6) is 1.65. The van der Waals surface area contributed by atoms with Crippen molar-refractivity contribution in [3.63, 3.8) is 0 Å². The van der Waals surface area contributed by atoms with Gasteiger partial charge in [-0.1, -0.05) is 26.8 Å². The van der Waals surface area contributed by atoms with Gasteiger partial charge in [0.05, 0.1) is 20.3 Å². The smallest absolute Gasteiger partial charge is 0.169 e. The SMILES string of the molecule is COc1ccc(CCCC(=O)[C@@H](CC(C)(C)C)NCC(OC)OC)cc1OC. The Bertz CT molecular complexity index is 593. The van der Waals surface area contributed by atoms with Crippen molar-refractivity contribution in [1.82, 2.24) is 5.32 Å². The van der Waals surface area contributed by atoms with Gasteiger partial charge in [0.1, 0.15) is 5.78 Å². The van der Waals surface area contributed by atoms with Crippen LogP contribution in [0.3, 0.4) is 0 Å². The van der Waals surface area contributed by atoms with Crippen LogP contribution in [0, 0.1) is 5.41 Å². The molecule has 1 aromatic carbocycles. The maximum Gasteiger partial charge on any atom is 0.169 e. The van der Waals surface area contributed by atoms with Gasteiger partial charge in [0, 0.05) is 27.2 Å². The lowest BCUT2D eigenvalue weighted by Gasteiger charge is -2.27. The number of ether oxygens (including phenoxy) is 4. The minimum absolute atomic E-state index is 0.0479. The highest BCUT2D eigenvalue weighted by Gasteiger charge is 2.25. The van der Waals surface area contributed by atoms with Gasteiger partial charge in [-0.3, -0.25) is 4.79 Å². The molecule has 1 N–H and O–H groups in total. The van der Waals surface area contributed by atoms with Gasteiger partial charge in [0.2, 0.25) is 0 Å². The number of aryl methyl sites for hydroxylation is 1. The molecule has 0 fully saturated rings. The van der Waals surface area contributed by atoms with Crippen LogP contribution in [0.15, 0.2) is 18.2 Å². The number of rotatable bonds is 13. The lowest BCUT2D eigenvalue weighted by Crippen LogP contribution is -2.44. The second-order valence-electron chi connectivity index (χ2n) is 8.14. The van der Waals surface area contributed by atoms with Crippen LogP contribution in [0.1, 0.15) is 45.6 Å². The second kappa shape index (κ2) is 12.0. The second-order valence-corrected chi connectivity index (χ2v) is 8.14. The largest absolute Gasteiger partial charge is 0.493 e. The number of nitrogens with one attached hydrogen (secondary N) is 1. The molecule has 0 aromatic heterocycles. The number of hydrogen-bond donors (Lipinski definition) is 1. The monoisotopic (exact) mass is 395 g/mol.